The second kappa shape index (κ2) is 7.40. The van der Waals surface area contributed by atoms with E-state index in [-0.39, 0.29) is 22.3 Å². The number of hydrogen-bond acceptors (Lipinski definition) is 6. The van der Waals surface area contributed by atoms with Gasteiger partial charge in [0.1, 0.15) is 5.75 Å². The smallest absolute Gasteiger partial charge is 0.252 e. The number of carbonyl (C=O) groups is 1. The second-order valence-corrected chi connectivity index (χ2v) is 7.74. The fourth-order valence-corrected chi connectivity index (χ4v) is 4.65. The molecule has 138 valence electrons. The summed E-state index contributed by atoms with van der Waals surface area (Å²) in [5.74, 6) is -0.511. The predicted octanol–water partition coefficient (Wildman–Crippen LogP) is 0.524. The van der Waals surface area contributed by atoms with Gasteiger partial charge in [-0.15, -0.1) is 0 Å². The van der Waals surface area contributed by atoms with Crippen molar-refractivity contribution in [2.75, 3.05) is 26.7 Å². The number of rotatable bonds is 5. The summed E-state index contributed by atoms with van der Waals surface area (Å²) in [5, 5.41) is 3.21. The molecule has 26 heavy (non-hydrogen) atoms. The molecule has 1 aliphatic heterocycles. The van der Waals surface area contributed by atoms with Gasteiger partial charge in [0.2, 0.25) is 10.0 Å². The first kappa shape index (κ1) is 18.3. The van der Waals surface area contributed by atoms with Crippen LogP contribution in [0.5, 0.6) is 5.75 Å². The highest BCUT2D eigenvalue weighted by Crippen LogP contribution is 2.30. The van der Waals surface area contributed by atoms with Crippen LogP contribution in [0, 0.1) is 0 Å². The Labute approximate surface area is 152 Å². The maximum absolute atomic E-state index is 13.2. The molecule has 1 aliphatic rings. The van der Waals surface area contributed by atoms with Gasteiger partial charge >= 0.3 is 0 Å². The zero-order valence-corrected chi connectivity index (χ0v) is 15.1. The summed E-state index contributed by atoms with van der Waals surface area (Å²) < 4.78 is 33.0. The van der Waals surface area contributed by atoms with E-state index in [1.54, 1.807) is 18.5 Å². The number of nitrogens with one attached hydrogen (secondary N) is 1. The number of nitrogens with zero attached hydrogens (tertiary/aromatic N) is 2. The van der Waals surface area contributed by atoms with E-state index in [0.29, 0.717) is 19.6 Å². The average molecular weight is 376 g/mol. The van der Waals surface area contributed by atoms with E-state index in [2.05, 4.69) is 10.3 Å². The van der Waals surface area contributed by atoms with Crippen LogP contribution in [0.4, 0.5) is 0 Å². The third kappa shape index (κ3) is 3.41. The minimum absolute atomic E-state index is 0.00268. The molecule has 8 nitrogen and oxygen atoms in total. The molecule has 1 saturated heterocycles. The van der Waals surface area contributed by atoms with Gasteiger partial charge in [-0.3, -0.25) is 9.78 Å². The molecule has 1 aromatic carbocycles. The number of methoxy groups -OCH3 is 1. The largest absolute Gasteiger partial charge is 0.496 e. The summed E-state index contributed by atoms with van der Waals surface area (Å²) in [7, 11) is -2.44. The van der Waals surface area contributed by atoms with Crippen LogP contribution < -0.4 is 15.8 Å². The topological polar surface area (TPSA) is 115 Å². The standard InChI is InChI=1S/C17H20N4O4S/c1-25-16-5-4-13(9-14(16)17(18)22)26(23,24)21-8-7-20-11-15(21)12-3-2-6-19-10-12/h2-6,9-10,15,20H,7-8,11H2,1H3,(H2,18,22). The van der Waals surface area contributed by atoms with Gasteiger partial charge in [-0.1, -0.05) is 6.07 Å². The van der Waals surface area contributed by atoms with Crippen molar-refractivity contribution < 1.29 is 17.9 Å². The minimum atomic E-state index is -3.84. The average Bonchev–Trinajstić information content (AvgIpc) is 2.68. The fraction of sp³-hybridized carbons (Fsp3) is 0.294. The number of sulfonamides is 1. The molecule has 2 heterocycles. The van der Waals surface area contributed by atoms with E-state index in [0.717, 1.165) is 5.56 Å². The molecule has 9 heteroatoms. The number of amides is 1. The van der Waals surface area contributed by atoms with Crippen LogP contribution in [0.25, 0.3) is 0 Å². The zero-order chi connectivity index (χ0) is 18.7. The first-order valence-corrected chi connectivity index (χ1v) is 9.49. The summed E-state index contributed by atoms with van der Waals surface area (Å²) in [6.45, 7) is 1.32. The van der Waals surface area contributed by atoms with Crippen LogP contribution in [0.1, 0.15) is 22.0 Å². The number of ether oxygens (including phenoxy) is 1. The van der Waals surface area contributed by atoms with Crippen molar-refractivity contribution in [3.63, 3.8) is 0 Å². The monoisotopic (exact) mass is 376 g/mol. The lowest BCUT2D eigenvalue weighted by Gasteiger charge is -2.35. The van der Waals surface area contributed by atoms with Gasteiger partial charge in [-0.25, -0.2) is 8.42 Å². The summed E-state index contributed by atoms with van der Waals surface area (Å²) in [6, 6.07) is 7.35. The molecule has 1 unspecified atom stereocenters. The van der Waals surface area contributed by atoms with Gasteiger partial charge < -0.3 is 15.8 Å². The van der Waals surface area contributed by atoms with Gasteiger partial charge in [0, 0.05) is 32.0 Å². The minimum Gasteiger partial charge on any atom is -0.496 e. The predicted molar refractivity (Wildman–Crippen MR) is 95.3 cm³/mol. The number of primary amides is 1. The van der Waals surface area contributed by atoms with Gasteiger partial charge in [0.25, 0.3) is 5.91 Å². The molecule has 0 spiro atoms. The Kier molecular flexibility index (Phi) is 5.21. The maximum Gasteiger partial charge on any atom is 0.252 e. The molecule has 1 amide bonds. The molecular weight excluding hydrogens is 356 g/mol. The highest BCUT2D eigenvalue weighted by atomic mass is 32.2. The van der Waals surface area contributed by atoms with Crippen molar-refractivity contribution in [1.82, 2.24) is 14.6 Å². The van der Waals surface area contributed by atoms with Crippen LogP contribution in [-0.2, 0) is 10.0 Å². The fourth-order valence-electron chi connectivity index (χ4n) is 3.01. The van der Waals surface area contributed by atoms with Crippen LogP contribution in [-0.4, -0.2) is 50.4 Å². The molecule has 0 radical (unpaired) electrons. The van der Waals surface area contributed by atoms with Gasteiger partial charge in [-0.05, 0) is 29.8 Å². The Morgan fingerprint density at radius 2 is 2.19 bits per heavy atom. The number of pyridine rings is 1. The summed E-state index contributed by atoms with van der Waals surface area (Å²) in [5.41, 5.74) is 6.18. The lowest BCUT2D eigenvalue weighted by atomic mass is 10.1. The molecule has 1 atom stereocenters. The summed E-state index contributed by atoms with van der Waals surface area (Å²) in [4.78, 5) is 15.7. The molecular formula is C17H20N4O4S. The number of carbonyl (C=O) groups excluding carboxylic acids is 1. The SMILES string of the molecule is COc1ccc(S(=O)(=O)N2CCNCC2c2cccnc2)cc1C(N)=O. The van der Waals surface area contributed by atoms with Crippen LogP contribution in [0.2, 0.25) is 0 Å². The van der Waals surface area contributed by atoms with Crippen molar-refractivity contribution in [1.29, 1.82) is 0 Å². The van der Waals surface area contributed by atoms with E-state index < -0.39 is 15.9 Å². The molecule has 1 fully saturated rings. The Morgan fingerprint density at radius 3 is 2.85 bits per heavy atom. The Bertz CT molecular complexity index is 902. The van der Waals surface area contributed by atoms with Gasteiger partial charge in [0.05, 0.1) is 23.6 Å². The number of benzene rings is 1. The van der Waals surface area contributed by atoms with E-state index in [1.807, 2.05) is 6.07 Å². The zero-order valence-electron chi connectivity index (χ0n) is 14.3. The third-order valence-corrected chi connectivity index (χ3v) is 6.21. The van der Waals surface area contributed by atoms with E-state index in [9.17, 15) is 13.2 Å². The van der Waals surface area contributed by atoms with Crippen molar-refractivity contribution in [2.24, 2.45) is 5.73 Å². The number of aromatic nitrogens is 1. The molecule has 3 N–H and O–H groups in total. The summed E-state index contributed by atoms with van der Waals surface area (Å²) in [6.07, 6.45) is 3.30. The highest BCUT2D eigenvalue weighted by Gasteiger charge is 2.35. The first-order chi connectivity index (χ1) is 12.4. The Balaban J connectivity index is 2.03. The van der Waals surface area contributed by atoms with E-state index in [1.165, 1.54) is 29.6 Å². The van der Waals surface area contributed by atoms with Crippen molar-refractivity contribution in [3.8, 4) is 5.75 Å². The Hall–Kier alpha value is -2.49. The second-order valence-electron chi connectivity index (χ2n) is 5.85. The van der Waals surface area contributed by atoms with E-state index >= 15 is 0 Å². The van der Waals surface area contributed by atoms with Crippen molar-refractivity contribution in [2.45, 2.75) is 10.9 Å². The molecule has 0 bridgehead atoms. The van der Waals surface area contributed by atoms with Crippen LogP contribution in [0.15, 0.2) is 47.6 Å². The van der Waals surface area contributed by atoms with Crippen molar-refractivity contribution >= 4 is 15.9 Å². The van der Waals surface area contributed by atoms with Crippen LogP contribution in [0.3, 0.4) is 0 Å². The lowest BCUT2D eigenvalue weighted by molar-refractivity contribution is 0.0997. The summed E-state index contributed by atoms with van der Waals surface area (Å²) >= 11 is 0. The number of nitrogens with two attached hydrogens (primary N) is 1. The number of hydrogen-bond donors (Lipinski definition) is 2. The highest BCUT2D eigenvalue weighted by molar-refractivity contribution is 7.89. The molecule has 3 rings (SSSR count). The Morgan fingerprint density at radius 1 is 1.38 bits per heavy atom. The van der Waals surface area contributed by atoms with Gasteiger partial charge in [0.15, 0.2) is 0 Å². The molecule has 0 saturated carbocycles. The van der Waals surface area contributed by atoms with Crippen molar-refractivity contribution in [3.05, 3.63) is 53.9 Å². The number of piperazine rings is 1. The van der Waals surface area contributed by atoms with E-state index in [4.69, 9.17) is 10.5 Å². The molecule has 1 aromatic heterocycles. The third-order valence-electron chi connectivity index (χ3n) is 4.31. The molecule has 2 aromatic rings. The first-order valence-electron chi connectivity index (χ1n) is 8.05. The van der Waals surface area contributed by atoms with Gasteiger partial charge in [-0.2, -0.15) is 4.31 Å². The molecule has 0 aliphatic carbocycles. The lowest BCUT2D eigenvalue weighted by Crippen LogP contribution is -2.48. The quantitative estimate of drug-likeness (QED) is 0.786. The normalized spacial score (nSPS) is 18.4. The maximum atomic E-state index is 13.2. The van der Waals surface area contributed by atoms with Crippen LogP contribution >= 0.6 is 0 Å².